The van der Waals surface area contributed by atoms with E-state index in [1.165, 1.54) is 18.2 Å². The second-order valence-corrected chi connectivity index (χ2v) is 6.33. The normalized spacial score (nSPS) is 10.6. The zero-order valence-electron chi connectivity index (χ0n) is 15.3. The fourth-order valence-electron chi connectivity index (χ4n) is 2.92. The number of aryl methyl sites for hydroxylation is 1. The van der Waals surface area contributed by atoms with E-state index in [0.717, 1.165) is 5.69 Å². The first-order valence-corrected chi connectivity index (χ1v) is 8.81. The number of anilines is 1. The Kier molecular flexibility index (Phi) is 5.69. The first-order chi connectivity index (χ1) is 13.5. The summed E-state index contributed by atoms with van der Waals surface area (Å²) in [5.41, 5.74) is 2.18. The number of aromatic hydroxyl groups is 1. The van der Waals surface area contributed by atoms with E-state index in [4.69, 9.17) is 0 Å². The summed E-state index contributed by atoms with van der Waals surface area (Å²) in [6.45, 7) is 2.81. The molecule has 8 heteroatoms. The maximum absolute atomic E-state index is 12.0. The number of hydrogen-bond donors (Lipinski definition) is 3. The average Bonchev–Trinajstić information content (AvgIpc) is 2.66. The molecular formula is C20H20N4O4. The third-order valence-corrected chi connectivity index (χ3v) is 4.21. The number of phenolic OH excluding ortho intramolecular Hbond substituents is 1. The first-order valence-electron chi connectivity index (χ1n) is 8.81. The van der Waals surface area contributed by atoms with Crippen molar-refractivity contribution in [1.82, 2.24) is 10.3 Å². The van der Waals surface area contributed by atoms with Crippen LogP contribution in [0, 0.1) is 17.0 Å². The molecule has 0 fully saturated rings. The van der Waals surface area contributed by atoms with Crippen molar-refractivity contribution in [2.45, 2.75) is 13.3 Å². The van der Waals surface area contributed by atoms with Crippen molar-refractivity contribution >= 4 is 28.2 Å². The van der Waals surface area contributed by atoms with Gasteiger partial charge in [-0.3, -0.25) is 14.9 Å². The van der Waals surface area contributed by atoms with E-state index >= 15 is 0 Å². The average molecular weight is 380 g/mol. The quantitative estimate of drug-likeness (QED) is 0.329. The van der Waals surface area contributed by atoms with E-state index < -0.39 is 4.92 Å². The van der Waals surface area contributed by atoms with Gasteiger partial charge in [-0.05, 0) is 37.6 Å². The zero-order chi connectivity index (χ0) is 20.1. The summed E-state index contributed by atoms with van der Waals surface area (Å²) in [6, 6.07) is 12.9. The Morgan fingerprint density at radius 2 is 1.96 bits per heavy atom. The molecule has 3 aromatic rings. The van der Waals surface area contributed by atoms with Crippen LogP contribution in [0.4, 0.5) is 11.4 Å². The van der Waals surface area contributed by atoms with Crippen molar-refractivity contribution in [2.75, 3.05) is 18.4 Å². The van der Waals surface area contributed by atoms with Gasteiger partial charge in [0, 0.05) is 41.5 Å². The Morgan fingerprint density at radius 1 is 1.18 bits per heavy atom. The van der Waals surface area contributed by atoms with Gasteiger partial charge in [-0.25, -0.2) is 4.98 Å². The Labute approximate surface area is 161 Å². The van der Waals surface area contributed by atoms with Crippen LogP contribution < -0.4 is 10.6 Å². The lowest BCUT2D eigenvalue weighted by atomic mass is 10.1. The summed E-state index contributed by atoms with van der Waals surface area (Å²) in [4.78, 5) is 27.1. The van der Waals surface area contributed by atoms with E-state index in [9.17, 15) is 20.0 Å². The molecule has 0 bridgehead atoms. The smallest absolute Gasteiger partial charge is 0.295 e. The third kappa shape index (κ3) is 4.35. The number of non-ortho nitro benzene ring substituents is 1. The van der Waals surface area contributed by atoms with Gasteiger partial charge in [0.2, 0.25) is 0 Å². The number of nitro benzene ring substituents is 1. The van der Waals surface area contributed by atoms with Gasteiger partial charge in [-0.15, -0.1) is 0 Å². The second kappa shape index (κ2) is 8.34. The number of aromatic nitrogens is 1. The summed E-state index contributed by atoms with van der Waals surface area (Å²) in [5.74, 6) is -0.208. The van der Waals surface area contributed by atoms with E-state index in [0.29, 0.717) is 41.7 Å². The predicted octanol–water partition coefficient (Wildman–Crippen LogP) is 3.39. The number of fused-ring (bicyclic) bond motifs is 1. The number of rotatable bonds is 7. The number of carbonyl (C=O) groups is 1. The Bertz CT molecular complexity index is 1040. The van der Waals surface area contributed by atoms with Crippen molar-refractivity contribution in [3.05, 3.63) is 69.9 Å². The van der Waals surface area contributed by atoms with Crippen LogP contribution in [0.5, 0.6) is 5.75 Å². The molecule has 0 spiro atoms. The fraction of sp³-hybridized carbons (Fsp3) is 0.200. The number of hydrogen-bond acceptors (Lipinski definition) is 6. The highest BCUT2D eigenvalue weighted by molar-refractivity contribution is 5.96. The van der Waals surface area contributed by atoms with Crippen LogP contribution in [0.25, 0.3) is 10.9 Å². The van der Waals surface area contributed by atoms with E-state index in [-0.39, 0.29) is 17.3 Å². The van der Waals surface area contributed by atoms with Crippen LogP contribution in [0.3, 0.4) is 0 Å². The molecule has 0 atom stereocenters. The lowest BCUT2D eigenvalue weighted by Gasteiger charge is -2.11. The number of nitrogens with one attached hydrogen (secondary N) is 2. The van der Waals surface area contributed by atoms with Crippen LogP contribution in [-0.4, -0.2) is 34.0 Å². The summed E-state index contributed by atoms with van der Waals surface area (Å²) < 4.78 is 0. The molecule has 1 heterocycles. The molecule has 144 valence electrons. The molecule has 0 unspecified atom stereocenters. The Morgan fingerprint density at radius 3 is 2.71 bits per heavy atom. The number of benzene rings is 2. The summed E-state index contributed by atoms with van der Waals surface area (Å²) in [6.07, 6.45) is 0.655. The number of amides is 1. The molecule has 2 aromatic carbocycles. The van der Waals surface area contributed by atoms with Crippen molar-refractivity contribution in [3.63, 3.8) is 0 Å². The molecule has 3 rings (SSSR count). The van der Waals surface area contributed by atoms with Crippen molar-refractivity contribution < 1.29 is 14.8 Å². The number of nitrogens with zero attached hydrogens (tertiary/aromatic N) is 2. The van der Waals surface area contributed by atoms with Gasteiger partial charge in [0.25, 0.3) is 11.6 Å². The van der Waals surface area contributed by atoms with Gasteiger partial charge in [-0.1, -0.05) is 18.2 Å². The van der Waals surface area contributed by atoms with Gasteiger partial charge < -0.3 is 15.7 Å². The van der Waals surface area contributed by atoms with Gasteiger partial charge in [0.15, 0.2) is 5.52 Å². The highest BCUT2D eigenvalue weighted by atomic mass is 16.6. The van der Waals surface area contributed by atoms with Crippen LogP contribution in [0.15, 0.2) is 48.5 Å². The van der Waals surface area contributed by atoms with Crippen molar-refractivity contribution in [3.8, 4) is 5.75 Å². The highest BCUT2D eigenvalue weighted by Crippen LogP contribution is 2.29. The molecule has 0 aliphatic carbocycles. The topological polar surface area (TPSA) is 117 Å². The Hall–Kier alpha value is -3.68. The molecular weight excluding hydrogens is 360 g/mol. The summed E-state index contributed by atoms with van der Waals surface area (Å²) >= 11 is 0. The zero-order valence-corrected chi connectivity index (χ0v) is 15.3. The molecule has 8 nitrogen and oxygen atoms in total. The first kappa shape index (κ1) is 19.1. The molecule has 1 amide bonds. The third-order valence-electron chi connectivity index (χ3n) is 4.21. The van der Waals surface area contributed by atoms with Crippen LogP contribution >= 0.6 is 0 Å². The van der Waals surface area contributed by atoms with Gasteiger partial charge in [-0.2, -0.15) is 0 Å². The molecule has 28 heavy (non-hydrogen) atoms. The second-order valence-electron chi connectivity index (χ2n) is 6.33. The summed E-state index contributed by atoms with van der Waals surface area (Å²) in [7, 11) is 0. The Balaban J connectivity index is 1.61. The largest absolute Gasteiger partial charge is 0.508 e. The number of pyridine rings is 1. The van der Waals surface area contributed by atoms with Crippen molar-refractivity contribution in [1.29, 1.82) is 0 Å². The van der Waals surface area contributed by atoms with E-state index in [2.05, 4.69) is 15.6 Å². The monoisotopic (exact) mass is 380 g/mol. The molecule has 0 saturated heterocycles. The van der Waals surface area contributed by atoms with Crippen LogP contribution in [0.1, 0.15) is 22.5 Å². The predicted molar refractivity (Wildman–Crippen MR) is 107 cm³/mol. The number of nitro groups is 1. The number of carbonyl (C=O) groups excluding carboxylic acids is 1. The van der Waals surface area contributed by atoms with Crippen molar-refractivity contribution in [2.24, 2.45) is 0 Å². The molecule has 1 aromatic heterocycles. The van der Waals surface area contributed by atoms with Gasteiger partial charge >= 0.3 is 0 Å². The summed E-state index contributed by atoms with van der Waals surface area (Å²) in [5, 5.41) is 27.4. The standard InChI is InChI=1S/C20H20N4O4/c1-13-11-17(16-7-3-8-18(24(27)28)19(16)23-13)21-9-4-10-22-20(26)14-5-2-6-15(25)12-14/h2-3,5-8,11-12,25H,4,9-10H2,1H3,(H,21,23)(H,22,26). The maximum Gasteiger partial charge on any atom is 0.295 e. The van der Waals surface area contributed by atoms with Crippen LogP contribution in [-0.2, 0) is 0 Å². The van der Waals surface area contributed by atoms with Gasteiger partial charge in [0.1, 0.15) is 5.75 Å². The molecule has 0 aliphatic rings. The minimum absolute atomic E-state index is 0.0253. The fourth-order valence-corrected chi connectivity index (χ4v) is 2.92. The minimum Gasteiger partial charge on any atom is -0.508 e. The molecule has 0 aliphatic heterocycles. The molecule has 0 radical (unpaired) electrons. The van der Waals surface area contributed by atoms with E-state index in [1.54, 1.807) is 31.2 Å². The van der Waals surface area contributed by atoms with E-state index in [1.807, 2.05) is 6.07 Å². The maximum atomic E-state index is 12.0. The number of para-hydroxylation sites is 1. The minimum atomic E-state index is -0.435. The lowest BCUT2D eigenvalue weighted by Crippen LogP contribution is -2.25. The van der Waals surface area contributed by atoms with Gasteiger partial charge in [0.05, 0.1) is 4.92 Å². The SMILES string of the molecule is Cc1cc(NCCCNC(=O)c2cccc(O)c2)c2cccc([N+](=O)[O-])c2n1. The molecule has 3 N–H and O–H groups in total. The highest BCUT2D eigenvalue weighted by Gasteiger charge is 2.15. The molecule has 0 saturated carbocycles. The van der Waals surface area contributed by atoms with Crippen LogP contribution in [0.2, 0.25) is 0 Å². The lowest BCUT2D eigenvalue weighted by molar-refractivity contribution is -0.383. The number of phenols is 1.